The van der Waals surface area contributed by atoms with Gasteiger partial charge in [0, 0.05) is 6.54 Å². The standard InChI is InChI=1S/C14H17NO2/c1-3-6-13-12-8-5-4-7-11(12)9-10-15(13)14(16)17-2/h3-8,13H,9-10H2,1-2H3/b6-3+/t13-/m0/s1. The predicted molar refractivity (Wildman–Crippen MR) is 66.8 cm³/mol. The summed E-state index contributed by atoms with van der Waals surface area (Å²) in [5.74, 6) is 0. The summed E-state index contributed by atoms with van der Waals surface area (Å²) in [5, 5.41) is 0. The molecule has 0 unspecified atom stereocenters. The van der Waals surface area contributed by atoms with E-state index in [1.54, 1.807) is 4.90 Å². The summed E-state index contributed by atoms with van der Waals surface area (Å²) in [5.41, 5.74) is 2.51. The maximum atomic E-state index is 11.7. The van der Waals surface area contributed by atoms with Gasteiger partial charge in [0.05, 0.1) is 13.2 Å². The van der Waals surface area contributed by atoms with Crippen molar-refractivity contribution in [3.63, 3.8) is 0 Å². The first-order chi connectivity index (χ1) is 8.27. The van der Waals surface area contributed by atoms with Crippen molar-refractivity contribution in [2.24, 2.45) is 0 Å². The molecule has 0 aromatic heterocycles. The van der Waals surface area contributed by atoms with E-state index in [1.807, 2.05) is 31.2 Å². The van der Waals surface area contributed by atoms with Crippen molar-refractivity contribution in [2.75, 3.05) is 13.7 Å². The van der Waals surface area contributed by atoms with Crippen LogP contribution in [-0.4, -0.2) is 24.6 Å². The predicted octanol–water partition coefficient (Wildman–Crippen LogP) is 2.93. The molecule has 0 saturated carbocycles. The Balaban J connectivity index is 2.39. The zero-order valence-corrected chi connectivity index (χ0v) is 10.2. The van der Waals surface area contributed by atoms with Crippen molar-refractivity contribution < 1.29 is 9.53 Å². The Labute approximate surface area is 102 Å². The smallest absolute Gasteiger partial charge is 0.410 e. The van der Waals surface area contributed by atoms with E-state index in [-0.39, 0.29) is 12.1 Å². The fourth-order valence-electron chi connectivity index (χ4n) is 2.31. The molecule has 2 rings (SSSR count). The van der Waals surface area contributed by atoms with Crippen LogP contribution in [0.25, 0.3) is 0 Å². The molecule has 1 aromatic carbocycles. The minimum atomic E-state index is -0.261. The molecule has 0 saturated heterocycles. The first-order valence-corrected chi connectivity index (χ1v) is 5.83. The first kappa shape index (κ1) is 11.7. The normalized spacial score (nSPS) is 19.2. The summed E-state index contributed by atoms with van der Waals surface area (Å²) < 4.78 is 4.83. The van der Waals surface area contributed by atoms with Crippen LogP contribution in [0.2, 0.25) is 0 Å². The number of hydrogen-bond donors (Lipinski definition) is 0. The van der Waals surface area contributed by atoms with Gasteiger partial charge < -0.3 is 4.74 Å². The third kappa shape index (κ3) is 2.18. The maximum Gasteiger partial charge on any atom is 0.410 e. The Hall–Kier alpha value is -1.77. The first-order valence-electron chi connectivity index (χ1n) is 5.83. The molecule has 1 aliphatic heterocycles. The largest absolute Gasteiger partial charge is 0.453 e. The van der Waals surface area contributed by atoms with Gasteiger partial charge in [-0.1, -0.05) is 36.4 Å². The van der Waals surface area contributed by atoms with Crippen LogP contribution in [0.5, 0.6) is 0 Å². The third-order valence-electron chi connectivity index (χ3n) is 3.12. The number of fused-ring (bicyclic) bond motifs is 1. The number of allylic oxidation sites excluding steroid dienone is 1. The second-order valence-corrected chi connectivity index (χ2v) is 4.08. The van der Waals surface area contributed by atoms with E-state index < -0.39 is 0 Å². The highest BCUT2D eigenvalue weighted by atomic mass is 16.5. The van der Waals surface area contributed by atoms with Gasteiger partial charge in [-0.25, -0.2) is 4.79 Å². The molecule has 17 heavy (non-hydrogen) atoms. The molecular formula is C14H17NO2. The molecule has 0 spiro atoms. The summed E-state index contributed by atoms with van der Waals surface area (Å²) in [6.45, 7) is 2.67. The number of methoxy groups -OCH3 is 1. The number of carbonyl (C=O) groups is 1. The van der Waals surface area contributed by atoms with Gasteiger partial charge >= 0.3 is 6.09 Å². The minimum Gasteiger partial charge on any atom is -0.453 e. The Morgan fingerprint density at radius 1 is 1.47 bits per heavy atom. The third-order valence-corrected chi connectivity index (χ3v) is 3.12. The van der Waals surface area contributed by atoms with E-state index in [0.717, 1.165) is 6.42 Å². The number of hydrogen-bond acceptors (Lipinski definition) is 2. The van der Waals surface area contributed by atoms with Crippen molar-refractivity contribution in [3.05, 3.63) is 47.5 Å². The number of rotatable bonds is 1. The topological polar surface area (TPSA) is 29.5 Å². The highest BCUT2D eigenvalue weighted by Crippen LogP contribution is 2.30. The number of carbonyl (C=O) groups excluding carboxylic acids is 1. The van der Waals surface area contributed by atoms with Crippen LogP contribution in [-0.2, 0) is 11.2 Å². The zero-order valence-electron chi connectivity index (χ0n) is 10.2. The molecule has 3 nitrogen and oxygen atoms in total. The van der Waals surface area contributed by atoms with Crippen molar-refractivity contribution in [1.82, 2.24) is 4.90 Å². The summed E-state index contributed by atoms with van der Waals surface area (Å²) in [6.07, 6.45) is 4.64. The van der Waals surface area contributed by atoms with Gasteiger partial charge in [-0.3, -0.25) is 4.90 Å². The monoisotopic (exact) mass is 231 g/mol. The Bertz CT molecular complexity index is 440. The van der Waals surface area contributed by atoms with Crippen molar-refractivity contribution >= 4 is 6.09 Å². The van der Waals surface area contributed by atoms with Crippen molar-refractivity contribution in [1.29, 1.82) is 0 Å². The average Bonchev–Trinajstić information content (AvgIpc) is 2.38. The van der Waals surface area contributed by atoms with E-state index in [4.69, 9.17) is 4.74 Å². The van der Waals surface area contributed by atoms with Gasteiger partial charge in [-0.2, -0.15) is 0 Å². The molecule has 90 valence electrons. The lowest BCUT2D eigenvalue weighted by molar-refractivity contribution is 0.110. The summed E-state index contributed by atoms with van der Waals surface area (Å²) in [7, 11) is 1.43. The molecule has 1 aliphatic rings. The average molecular weight is 231 g/mol. The van der Waals surface area contributed by atoms with Crippen molar-refractivity contribution in [3.8, 4) is 0 Å². The molecule has 0 fully saturated rings. The van der Waals surface area contributed by atoms with Gasteiger partial charge in [-0.05, 0) is 24.5 Å². The summed E-state index contributed by atoms with van der Waals surface area (Å²) in [6, 6.07) is 8.25. The van der Waals surface area contributed by atoms with Crippen LogP contribution in [0.1, 0.15) is 24.1 Å². The number of ether oxygens (including phenoxy) is 1. The molecule has 3 heteroatoms. The fraction of sp³-hybridized carbons (Fsp3) is 0.357. The Kier molecular flexibility index (Phi) is 3.47. The molecule has 0 aliphatic carbocycles. The highest BCUT2D eigenvalue weighted by Gasteiger charge is 2.29. The SMILES string of the molecule is C/C=C/[C@H]1c2ccccc2CCN1C(=O)OC. The van der Waals surface area contributed by atoms with Gasteiger partial charge in [0.15, 0.2) is 0 Å². The zero-order chi connectivity index (χ0) is 12.3. The molecule has 0 radical (unpaired) electrons. The quantitative estimate of drug-likeness (QED) is 0.695. The molecular weight excluding hydrogens is 214 g/mol. The van der Waals surface area contributed by atoms with Gasteiger partial charge in [0.2, 0.25) is 0 Å². The van der Waals surface area contributed by atoms with Gasteiger partial charge in [0.25, 0.3) is 0 Å². The lowest BCUT2D eigenvalue weighted by atomic mass is 9.92. The van der Waals surface area contributed by atoms with Crippen LogP contribution in [0, 0.1) is 0 Å². The van der Waals surface area contributed by atoms with Crippen LogP contribution in [0.3, 0.4) is 0 Å². The molecule has 1 aromatic rings. The summed E-state index contributed by atoms with van der Waals surface area (Å²) in [4.78, 5) is 13.5. The molecule has 0 N–H and O–H groups in total. The van der Waals surface area contributed by atoms with Crippen LogP contribution < -0.4 is 0 Å². The van der Waals surface area contributed by atoms with E-state index in [0.29, 0.717) is 6.54 Å². The van der Waals surface area contributed by atoms with E-state index >= 15 is 0 Å². The van der Waals surface area contributed by atoms with E-state index in [9.17, 15) is 4.79 Å². The molecule has 1 atom stereocenters. The number of benzene rings is 1. The second kappa shape index (κ2) is 5.04. The summed E-state index contributed by atoms with van der Waals surface area (Å²) >= 11 is 0. The number of nitrogens with zero attached hydrogens (tertiary/aromatic N) is 1. The van der Waals surface area contributed by atoms with Crippen LogP contribution in [0.4, 0.5) is 4.79 Å². The van der Waals surface area contributed by atoms with Crippen LogP contribution >= 0.6 is 0 Å². The lowest BCUT2D eigenvalue weighted by Gasteiger charge is -2.34. The minimum absolute atomic E-state index is 0.00241. The molecule has 1 amide bonds. The maximum absolute atomic E-state index is 11.7. The molecule has 0 bridgehead atoms. The Morgan fingerprint density at radius 2 is 2.24 bits per heavy atom. The van der Waals surface area contributed by atoms with Crippen LogP contribution in [0.15, 0.2) is 36.4 Å². The van der Waals surface area contributed by atoms with E-state index in [2.05, 4.69) is 12.1 Å². The van der Waals surface area contributed by atoms with E-state index in [1.165, 1.54) is 18.2 Å². The highest BCUT2D eigenvalue weighted by molar-refractivity contribution is 5.69. The number of amides is 1. The van der Waals surface area contributed by atoms with Crippen molar-refractivity contribution in [2.45, 2.75) is 19.4 Å². The van der Waals surface area contributed by atoms with Gasteiger partial charge in [-0.15, -0.1) is 0 Å². The second-order valence-electron chi connectivity index (χ2n) is 4.08. The lowest BCUT2D eigenvalue weighted by Crippen LogP contribution is -2.39. The fourth-order valence-corrected chi connectivity index (χ4v) is 2.31. The van der Waals surface area contributed by atoms with Gasteiger partial charge in [0.1, 0.15) is 0 Å². The molecule has 1 heterocycles. The Morgan fingerprint density at radius 3 is 2.94 bits per heavy atom.